The zero-order chi connectivity index (χ0) is 12.6. The van der Waals surface area contributed by atoms with Gasteiger partial charge < -0.3 is 14.4 Å². The number of methoxy groups -OCH3 is 1. The highest BCUT2D eigenvalue weighted by atomic mass is 16.5. The number of fused-ring (bicyclic) bond motifs is 1. The summed E-state index contributed by atoms with van der Waals surface area (Å²) in [7, 11) is 1.40. The molecule has 0 spiro atoms. The largest absolute Gasteiger partial charge is 0.478 e. The number of hydrogen-bond acceptors (Lipinski definition) is 5. The zero-order valence-corrected chi connectivity index (χ0v) is 9.72. The molecular formula is C11H12N2O4. The van der Waals surface area contributed by atoms with E-state index in [9.17, 15) is 9.90 Å². The average molecular weight is 236 g/mol. The van der Waals surface area contributed by atoms with Crippen molar-refractivity contribution in [1.29, 1.82) is 0 Å². The van der Waals surface area contributed by atoms with Gasteiger partial charge in [0.2, 0.25) is 0 Å². The van der Waals surface area contributed by atoms with Gasteiger partial charge in [-0.3, -0.25) is 0 Å². The first-order chi connectivity index (χ1) is 8.04. The van der Waals surface area contributed by atoms with E-state index in [1.807, 2.05) is 13.8 Å². The van der Waals surface area contributed by atoms with Crippen molar-refractivity contribution in [3.05, 3.63) is 17.3 Å². The molecule has 2 aromatic rings. The van der Waals surface area contributed by atoms with Crippen molar-refractivity contribution < 1.29 is 19.2 Å². The van der Waals surface area contributed by atoms with Crippen LogP contribution in [0.3, 0.4) is 0 Å². The number of carboxylic acid groups (broad SMARTS) is 1. The molecule has 0 unspecified atom stereocenters. The number of pyridine rings is 1. The fourth-order valence-electron chi connectivity index (χ4n) is 1.55. The number of carboxylic acids is 1. The predicted octanol–water partition coefficient (Wildman–Crippen LogP) is 2.05. The number of rotatable bonds is 3. The Morgan fingerprint density at radius 2 is 2.24 bits per heavy atom. The van der Waals surface area contributed by atoms with Crippen molar-refractivity contribution in [1.82, 2.24) is 10.1 Å². The van der Waals surface area contributed by atoms with Gasteiger partial charge in [-0.05, 0) is 17.1 Å². The highest BCUT2D eigenvalue weighted by Crippen LogP contribution is 2.29. The molecule has 0 bridgehead atoms. The molecule has 6 heteroatoms. The van der Waals surface area contributed by atoms with Gasteiger partial charge in [0, 0.05) is 5.69 Å². The number of aromatic carboxylic acids is 1. The van der Waals surface area contributed by atoms with Crippen LogP contribution in [0.15, 0.2) is 10.6 Å². The Balaban J connectivity index is 2.79. The van der Waals surface area contributed by atoms with E-state index in [0.29, 0.717) is 11.1 Å². The lowest BCUT2D eigenvalue weighted by molar-refractivity contribution is 0.0698. The van der Waals surface area contributed by atoms with Gasteiger partial charge in [0.05, 0.1) is 12.7 Å². The van der Waals surface area contributed by atoms with E-state index in [1.54, 1.807) is 0 Å². The SMILES string of the molecule is COc1noc2nc(C(C)C)cc(C(=O)O)c12. The molecule has 0 fully saturated rings. The molecule has 2 rings (SSSR count). The van der Waals surface area contributed by atoms with Crippen molar-refractivity contribution in [3.63, 3.8) is 0 Å². The van der Waals surface area contributed by atoms with E-state index in [2.05, 4.69) is 10.1 Å². The summed E-state index contributed by atoms with van der Waals surface area (Å²) in [6, 6.07) is 1.52. The molecule has 17 heavy (non-hydrogen) atoms. The first-order valence-corrected chi connectivity index (χ1v) is 5.12. The molecule has 0 saturated carbocycles. The van der Waals surface area contributed by atoms with Crippen LogP contribution in [0, 0.1) is 0 Å². The summed E-state index contributed by atoms with van der Waals surface area (Å²) >= 11 is 0. The lowest BCUT2D eigenvalue weighted by atomic mass is 10.1. The number of carbonyl (C=O) groups is 1. The van der Waals surface area contributed by atoms with E-state index in [1.165, 1.54) is 13.2 Å². The smallest absolute Gasteiger partial charge is 0.336 e. The topological polar surface area (TPSA) is 85.5 Å². The summed E-state index contributed by atoms with van der Waals surface area (Å²) in [4.78, 5) is 15.4. The molecule has 0 aliphatic heterocycles. The molecule has 2 heterocycles. The Bertz CT molecular complexity index is 574. The first-order valence-electron chi connectivity index (χ1n) is 5.12. The fraction of sp³-hybridized carbons (Fsp3) is 0.364. The van der Waals surface area contributed by atoms with Crippen LogP contribution in [-0.2, 0) is 0 Å². The maximum Gasteiger partial charge on any atom is 0.336 e. The molecule has 0 aliphatic carbocycles. The van der Waals surface area contributed by atoms with Gasteiger partial charge >= 0.3 is 5.97 Å². The van der Waals surface area contributed by atoms with Crippen LogP contribution in [-0.4, -0.2) is 28.3 Å². The minimum absolute atomic E-state index is 0.0943. The number of aromatic nitrogens is 2. The quantitative estimate of drug-likeness (QED) is 0.877. The first kappa shape index (κ1) is 11.4. The monoisotopic (exact) mass is 236 g/mol. The maximum absolute atomic E-state index is 11.2. The standard InChI is InChI=1S/C11H12N2O4/c1-5(2)7-4-6(11(14)15)8-9(12-7)17-13-10(8)16-3/h4-5H,1-3H3,(H,14,15). The van der Waals surface area contributed by atoms with Crippen LogP contribution in [0.4, 0.5) is 0 Å². The minimum Gasteiger partial charge on any atom is -0.478 e. The van der Waals surface area contributed by atoms with E-state index < -0.39 is 5.97 Å². The van der Waals surface area contributed by atoms with Crippen molar-refractivity contribution in [2.75, 3.05) is 7.11 Å². The van der Waals surface area contributed by atoms with Gasteiger partial charge in [0.15, 0.2) is 0 Å². The van der Waals surface area contributed by atoms with E-state index in [0.717, 1.165) is 0 Å². The highest BCUT2D eigenvalue weighted by molar-refractivity contribution is 6.03. The molecule has 1 N–H and O–H groups in total. The summed E-state index contributed by atoms with van der Waals surface area (Å²) in [5.74, 6) is -0.811. The second-order valence-electron chi connectivity index (χ2n) is 3.93. The molecular weight excluding hydrogens is 224 g/mol. The number of ether oxygens (including phenoxy) is 1. The number of nitrogens with zero attached hydrogens (tertiary/aromatic N) is 2. The van der Waals surface area contributed by atoms with Gasteiger partial charge in [-0.1, -0.05) is 13.8 Å². The average Bonchev–Trinajstić information content (AvgIpc) is 2.70. The summed E-state index contributed by atoms with van der Waals surface area (Å²) in [6.07, 6.45) is 0. The van der Waals surface area contributed by atoms with Gasteiger partial charge in [0.1, 0.15) is 5.39 Å². The van der Waals surface area contributed by atoms with Crippen LogP contribution < -0.4 is 4.74 Å². The van der Waals surface area contributed by atoms with Crippen LogP contribution in [0.25, 0.3) is 11.1 Å². The third-order valence-corrected chi connectivity index (χ3v) is 2.45. The predicted molar refractivity (Wildman–Crippen MR) is 59.4 cm³/mol. The zero-order valence-electron chi connectivity index (χ0n) is 9.72. The molecule has 2 aromatic heterocycles. The van der Waals surface area contributed by atoms with E-state index >= 15 is 0 Å². The molecule has 0 aliphatic rings. The molecule has 0 amide bonds. The summed E-state index contributed by atoms with van der Waals surface area (Å²) in [6.45, 7) is 3.85. The third kappa shape index (κ3) is 1.82. The van der Waals surface area contributed by atoms with Crippen LogP contribution in [0.1, 0.15) is 35.8 Å². The summed E-state index contributed by atoms with van der Waals surface area (Å²) in [5.41, 5.74) is 0.927. The Hall–Kier alpha value is -2.11. The Morgan fingerprint density at radius 1 is 1.53 bits per heavy atom. The van der Waals surface area contributed by atoms with Crippen molar-refractivity contribution in [2.24, 2.45) is 0 Å². The summed E-state index contributed by atoms with van der Waals surface area (Å²) in [5, 5.41) is 13.1. The van der Waals surface area contributed by atoms with Crippen molar-refractivity contribution >= 4 is 17.1 Å². The van der Waals surface area contributed by atoms with E-state index in [4.69, 9.17) is 9.26 Å². The second kappa shape index (κ2) is 4.04. The highest BCUT2D eigenvalue weighted by Gasteiger charge is 2.21. The molecule has 0 radical (unpaired) electrons. The van der Waals surface area contributed by atoms with Crippen molar-refractivity contribution in [2.45, 2.75) is 19.8 Å². The molecule has 90 valence electrons. The van der Waals surface area contributed by atoms with Gasteiger partial charge in [0.25, 0.3) is 11.6 Å². The van der Waals surface area contributed by atoms with E-state index in [-0.39, 0.29) is 23.1 Å². The lowest BCUT2D eigenvalue weighted by Gasteiger charge is -2.05. The number of hydrogen-bond donors (Lipinski definition) is 1. The second-order valence-corrected chi connectivity index (χ2v) is 3.93. The fourth-order valence-corrected chi connectivity index (χ4v) is 1.55. The van der Waals surface area contributed by atoms with Crippen LogP contribution >= 0.6 is 0 Å². The molecule has 0 aromatic carbocycles. The third-order valence-electron chi connectivity index (χ3n) is 2.45. The lowest BCUT2D eigenvalue weighted by Crippen LogP contribution is -2.02. The molecule has 0 atom stereocenters. The normalized spacial score (nSPS) is 11.1. The van der Waals surface area contributed by atoms with Crippen molar-refractivity contribution in [3.8, 4) is 5.88 Å². The van der Waals surface area contributed by atoms with Crippen LogP contribution in [0.5, 0.6) is 5.88 Å². The maximum atomic E-state index is 11.2. The molecule has 0 saturated heterocycles. The summed E-state index contributed by atoms with van der Waals surface area (Å²) < 4.78 is 9.92. The van der Waals surface area contributed by atoms with Gasteiger partial charge in [-0.2, -0.15) is 0 Å². The molecule has 6 nitrogen and oxygen atoms in total. The van der Waals surface area contributed by atoms with Gasteiger partial charge in [-0.15, -0.1) is 0 Å². The Labute approximate surface area is 97.2 Å². The minimum atomic E-state index is -1.05. The Morgan fingerprint density at radius 3 is 2.76 bits per heavy atom. The Kier molecular flexibility index (Phi) is 2.71. The van der Waals surface area contributed by atoms with Crippen LogP contribution in [0.2, 0.25) is 0 Å². The van der Waals surface area contributed by atoms with Gasteiger partial charge in [-0.25, -0.2) is 9.78 Å².